The summed E-state index contributed by atoms with van der Waals surface area (Å²) >= 11 is 0. The van der Waals surface area contributed by atoms with Gasteiger partial charge in [0.25, 0.3) is 0 Å². The fraction of sp³-hybridized carbons (Fsp3) is 1.00. The summed E-state index contributed by atoms with van der Waals surface area (Å²) in [6.45, 7) is 10.1. The lowest BCUT2D eigenvalue weighted by Gasteiger charge is -2.09. The van der Waals surface area contributed by atoms with Crippen LogP contribution in [-0.4, -0.2) is 6.61 Å². The first-order valence-electron chi connectivity index (χ1n) is 3.56. The molecule has 1 heteroatoms. The first kappa shape index (κ1) is 11.7. The molecule has 0 fully saturated rings. The third-order valence-electron chi connectivity index (χ3n) is 0.433. The van der Waals surface area contributed by atoms with Crippen molar-refractivity contribution in [2.75, 3.05) is 6.61 Å². The highest BCUT2D eigenvalue weighted by Gasteiger charge is 2.06. The van der Waals surface area contributed by atoms with Gasteiger partial charge in [-0.1, -0.05) is 41.0 Å². The van der Waals surface area contributed by atoms with Crippen molar-refractivity contribution < 1.29 is 5.11 Å². The van der Waals surface area contributed by atoms with E-state index >= 15 is 0 Å². The molecular formula is C8H19O. The van der Waals surface area contributed by atoms with Crippen LogP contribution >= 0.6 is 0 Å². The van der Waals surface area contributed by atoms with Gasteiger partial charge in [-0.15, -0.1) is 0 Å². The Morgan fingerprint density at radius 3 is 1.22 bits per heavy atom. The van der Waals surface area contributed by atoms with Crippen LogP contribution in [-0.2, 0) is 5.11 Å². The molecule has 0 rings (SSSR count). The molecule has 0 aromatic rings. The van der Waals surface area contributed by atoms with Crippen molar-refractivity contribution >= 4 is 0 Å². The Hall–Kier alpha value is -0.0400. The zero-order valence-electron chi connectivity index (χ0n) is 7.32. The van der Waals surface area contributed by atoms with Crippen molar-refractivity contribution in [3.8, 4) is 0 Å². The van der Waals surface area contributed by atoms with E-state index in [2.05, 4.69) is 13.8 Å². The molecule has 0 aromatic heterocycles. The third kappa shape index (κ3) is 32.3. The molecule has 0 amide bonds. The van der Waals surface area contributed by atoms with Crippen LogP contribution in [0.25, 0.3) is 0 Å². The van der Waals surface area contributed by atoms with Crippen molar-refractivity contribution in [3.63, 3.8) is 0 Å². The second-order valence-corrected chi connectivity index (χ2v) is 3.41. The van der Waals surface area contributed by atoms with E-state index in [9.17, 15) is 5.11 Å². The maximum atomic E-state index is 9.95. The molecular weight excluding hydrogens is 112 g/mol. The summed E-state index contributed by atoms with van der Waals surface area (Å²) in [5, 5.41) is 9.95. The van der Waals surface area contributed by atoms with Gasteiger partial charge in [-0.05, 0) is 5.41 Å². The molecule has 0 aliphatic rings. The second kappa shape index (κ2) is 6.09. The second-order valence-electron chi connectivity index (χ2n) is 3.41. The van der Waals surface area contributed by atoms with E-state index in [1.54, 1.807) is 0 Å². The monoisotopic (exact) mass is 131 g/mol. The summed E-state index contributed by atoms with van der Waals surface area (Å²) in [5.74, 6) is 0. The Kier molecular flexibility index (Phi) is 7.92. The molecule has 1 nitrogen and oxygen atoms in total. The lowest BCUT2D eigenvalue weighted by molar-refractivity contribution is 0.105. The molecule has 0 aliphatic heterocycles. The minimum absolute atomic E-state index is 0.0139. The number of rotatable bonds is 0. The summed E-state index contributed by atoms with van der Waals surface area (Å²) in [5.41, 5.74) is -0.0139. The van der Waals surface area contributed by atoms with Gasteiger partial charge in [-0.3, -0.25) is 0 Å². The molecule has 0 saturated heterocycles. The Bertz CT molecular complexity index is 43.0. The topological polar surface area (TPSA) is 19.9 Å². The van der Waals surface area contributed by atoms with Crippen molar-refractivity contribution in [2.45, 2.75) is 41.0 Å². The fourth-order valence-corrected chi connectivity index (χ4v) is 0. The van der Waals surface area contributed by atoms with Gasteiger partial charge in [-0.25, -0.2) is 5.11 Å². The average molecular weight is 131 g/mol. The van der Waals surface area contributed by atoms with Gasteiger partial charge in [0.15, 0.2) is 0 Å². The molecule has 0 spiro atoms. The van der Waals surface area contributed by atoms with Gasteiger partial charge in [0.2, 0.25) is 0 Å². The molecule has 0 heterocycles. The van der Waals surface area contributed by atoms with Crippen LogP contribution in [0.2, 0.25) is 0 Å². The largest absolute Gasteiger partial charge is 0.236 e. The highest BCUT2D eigenvalue weighted by Crippen LogP contribution is 2.09. The van der Waals surface area contributed by atoms with Gasteiger partial charge in [-0.2, -0.15) is 0 Å². The summed E-state index contributed by atoms with van der Waals surface area (Å²) in [7, 11) is 0. The fourth-order valence-electron chi connectivity index (χ4n) is 0. The van der Waals surface area contributed by atoms with E-state index < -0.39 is 0 Å². The summed E-state index contributed by atoms with van der Waals surface area (Å²) < 4.78 is 0. The third-order valence-corrected chi connectivity index (χ3v) is 0.433. The average Bonchev–Trinajstić information content (AvgIpc) is 1.67. The van der Waals surface area contributed by atoms with Gasteiger partial charge in [0, 0.05) is 0 Å². The molecule has 0 N–H and O–H groups in total. The standard InChI is InChI=1S/C5H11O.C3H8/c1-5(2,3)4-6;1-3-2/h4H2,1-3H3;3H2,1-2H3. The maximum Gasteiger partial charge on any atom is 0.0870 e. The minimum Gasteiger partial charge on any atom is -0.236 e. The summed E-state index contributed by atoms with van der Waals surface area (Å²) in [6.07, 6.45) is 1.25. The lowest BCUT2D eigenvalue weighted by atomic mass is 9.99. The summed E-state index contributed by atoms with van der Waals surface area (Å²) in [4.78, 5) is 0. The zero-order valence-corrected chi connectivity index (χ0v) is 7.32. The molecule has 0 bridgehead atoms. The zero-order chi connectivity index (χ0) is 7.91. The van der Waals surface area contributed by atoms with Crippen molar-refractivity contribution in [1.29, 1.82) is 0 Å². The van der Waals surface area contributed by atoms with Gasteiger partial charge >= 0.3 is 0 Å². The van der Waals surface area contributed by atoms with Crippen LogP contribution < -0.4 is 0 Å². The van der Waals surface area contributed by atoms with E-state index in [0.717, 1.165) is 0 Å². The Morgan fingerprint density at radius 2 is 1.22 bits per heavy atom. The Balaban J connectivity index is 0. The minimum atomic E-state index is -0.0139. The predicted molar refractivity (Wildman–Crippen MR) is 41.0 cm³/mol. The molecule has 0 aliphatic carbocycles. The van der Waals surface area contributed by atoms with Crippen LogP contribution in [0.4, 0.5) is 0 Å². The normalized spacial score (nSPS) is 10.0. The molecule has 0 aromatic carbocycles. The quantitative estimate of drug-likeness (QED) is 0.481. The Labute approximate surface area is 59.1 Å². The Morgan fingerprint density at radius 1 is 1.11 bits per heavy atom. The maximum absolute atomic E-state index is 9.95. The molecule has 0 atom stereocenters. The molecule has 0 saturated carbocycles. The van der Waals surface area contributed by atoms with E-state index in [0.29, 0.717) is 0 Å². The smallest absolute Gasteiger partial charge is 0.0870 e. The van der Waals surface area contributed by atoms with Crippen LogP contribution in [0.15, 0.2) is 0 Å². The van der Waals surface area contributed by atoms with Gasteiger partial charge in [0.1, 0.15) is 0 Å². The molecule has 57 valence electrons. The first-order valence-corrected chi connectivity index (χ1v) is 3.56. The van der Waals surface area contributed by atoms with E-state index in [1.807, 2.05) is 20.8 Å². The lowest BCUT2D eigenvalue weighted by Crippen LogP contribution is -2.08. The van der Waals surface area contributed by atoms with E-state index in [-0.39, 0.29) is 12.0 Å². The van der Waals surface area contributed by atoms with E-state index in [4.69, 9.17) is 0 Å². The van der Waals surface area contributed by atoms with Gasteiger partial charge < -0.3 is 0 Å². The molecule has 0 unspecified atom stereocenters. The highest BCUT2D eigenvalue weighted by atomic mass is 16.3. The van der Waals surface area contributed by atoms with E-state index in [1.165, 1.54) is 6.42 Å². The highest BCUT2D eigenvalue weighted by molar-refractivity contribution is 4.55. The molecule has 9 heavy (non-hydrogen) atoms. The van der Waals surface area contributed by atoms with Crippen LogP contribution in [0.3, 0.4) is 0 Å². The first-order chi connectivity index (χ1) is 3.97. The number of hydrogen-bond acceptors (Lipinski definition) is 0. The molecule has 1 radical (unpaired) electrons. The van der Waals surface area contributed by atoms with Crippen LogP contribution in [0.1, 0.15) is 41.0 Å². The van der Waals surface area contributed by atoms with Crippen molar-refractivity contribution in [3.05, 3.63) is 0 Å². The SMILES string of the molecule is CC(C)(C)C[O].CCC. The summed E-state index contributed by atoms with van der Waals surface area (Å²) in [6, 6.07) is 0. The van der Waals surface area contributed by atoms with Crippen molar-refractivity contribution in [2.24, 2.45) is 5.41 Å². The van der Waals surface area contributed by atoms with Crippen LogP contribution in [0, 0.1) is 5.41 Å². The van der Waals surface area contributed by atoms with Crippen molar-refractivity contribution in [1.82, 2.24) is 0 Å². The van der Waals surface area contributed by atoms with Gasteiger partial charge in [0.05, 0.1) is 6.61 Å². The predicted octanol–water partition coefficient (Wildman–Crippen LogP) is 2.88. The number of hydrogen-bond donors (Lipinski definition) is 0. The van der Waals surface area contributed by atoms with Crippen LogP contribution in [0.5, 0.6) is 0 Å².